The van der Waals surface area contributed by atoms with Crippen molar-refractivity contribution in [3.8, 4) is 5.75 Å². The zero-order valence-corrected chi connectivity index (χ0v) is 12.9. The second-order valence-electron chi connectivity index (χ2n) is 6.41. The van der Waals surface area contributed by atoms with Gasteiger partial charge >= 0.3 is 6.09 Å². The van der Waals surface area contributed by atoms with Crippen molar-refractivity contribution in [3.05, 3.63) is 29.8 Å². The van der Waals surface area contributed by atoms with E-state index >= 15 is 0 Å². The van der Waals surface area contributed by atoms with Crippen molar-refractivity contribution in [2.24, 2.45) is 0 Å². The van der Waals surface area contributed by atoms with E-state index in [9.17, 15) is 9.90 Å². The summed E-state index contributed by atoms with van der Waals surface area (Å²) in [6.45, 7) is 7.76. The van der Waals surface area contributed by atoms with Gasteiger partial charge in [-0.15, -0.1) is 0 Å². The van der Waals surface area contributed by atoms with E-state index in [1.54, 1.807) is 17.0 Å². The topological polar surface area (TPSA) is 61.8 Å². The van der Waals surface area contributed by atoms with Gasteiger partial charge in [0.05, 0.1) is 6.04 Å². The maximum Gasteiger partial charge on any atom is 0.410 e. The first kappa shape index (κ1) is 15.6. The highest BCUT2D eigenvalue weighted by Crippen LogP contribution is 2.18. The van der Waals surface area contributed by atoms with Gasteiger partial charge in [0, 0.05) is 19.6 Å². The molecule has 1 aliphatic heterocycles. The number of hydrogen-bond acceptors (Lipinski definition) is 4. The molecule has 1 fully saturated rings. The molecule has 0 aromatic heterocycles. The minimum absolute atomic E-state index is 0.0374. The van der Waals surface area contributed by atoms with Crippen LogP contribution in [0.4, 0.5) is 4.79 Å². The second-order valence-corrected chi connectivity index (χ2v) is 6.41. The summed E-state index contributed by atoms with van der Waals surface area (Å²) in [4.78, 5) is 14.1. The fraction of sp³-hybridized carbons (Fsp3) is 0.562. The Bertz CT molecular complexity index is 497. The number of piperazine rings is 1. The minimum atomic E-state index is -0.489. The predicted octanol–water partition coefficient (Wildman–Crippen LogP) is 2.14. The van der Waals surface area contributed by atoms with Gasteiger partial charge in [0.1, 0.15) is 11.4 Å². The van der Waals surface area contributed by atoms with Gasteiger partial charge in [-0.25, -0.2) is 4.79 Å². The molecule has 1 atom stereocenters. The molecule has 1 heterocycles. The van der Waals surface area contributed by atoms with Crippen molar-refractivity contribution in [2.75, 3.05) is 19.6 Å². The van der Waals surface area contributed by atoms with Crippen molar-refractivity contribution in [1.82, 2.24) is 10.2 Å². The van der Waals surface area contributed by atoms with Gasteiger partial charge in [-0.3, -0.25) is 0 Å². The molecule has 0 radical (unpaired) electrons. The van der Waals surface area contributed by atoms with Crippen LogP contribution in [0.15, 0.2) is 24.3 Å². The summed E-state index contributed by atoms with van der Waals surface area (Å²) in [5.74, 6) is 0.250. The Hall–Kier alpha value is -1.75. The first-order valence-corrected chi connectivity index (χ1v) is 7.33. The number of rotatable bonds is 2. The third-order valence-corrected chi connectivity index (χ3v) is 3.36. The highest BCUT2D eigenvalue weighted by Gasteiger charge is 2.30. The van der Waals surface area contributed by atoms with Crippen LogP contribution in [0.5, 0.6) is 5.75 Å². The third-order valence-electron chi connectivity index (χ3n) is 3.36. The summed E-state index contributed by atoms with van der Waals surface area (Å²) in [5.41, 5.74) is 0.523. The molecule has 1 saturated heterocycles. The summed E-state index contributed by atoms with van der Waals surface area (Å²) in [5, 5.41) is 12.9. The van der Waals surface area contributed by atoms with E-state index in [0.29, 0.717) is 13.0 Å². The van der Waals surface area contributed by atoms with Gasteiger partial charge in [-0.1, -0.05) is 12.1 Å². The molecular weight excluding hydrogens is 268 g/mol. The molecule has 1 aromatic rings. The Morgan fingerprint density at radius 2 is 2.24 bits per heavy atom. The van der Waals surface area contributed by atoms with Crippen molar-refractivity contribution < 1.29 is 14.6 Å². The zero-order valence-electron chi connectivity index (χ0n) is 12.9. The van der Waals surface area contributed by atoms with Crippen molar-refractivity contribution >= 4 is 6.09 Å². The molecule has 1 amide bonds. The largest absolute Gasteiger partial charge is 0.508 e. The molecule has 0 bridgehead atoms. The fourth-order valence-electron chi connectivity index (χ4n) is 2.46. The number of carbonyl (C=O) groups excluding carboxylic acids is 1. The van der Waals surface area contributed by atoms with E-state index in [4.69, 9.17) is 4.74 Å². The standard InChI is InChI=1S/C16H24N2O3/c1-16(2,3)21-15(20)18-8-7-17-11-13(18)9-12-5-4-6-14(19)10-12/h4-6,10,13,17,19H,7-9,11H2,1-3H3. The molecule has 0 spiro atoms. The summed E-state index contributed by atoms with van der Waals surface area (Å²) in [7, 11) is 0. The van der Waals surface area contributed by atoms with Crippen LogP contribution in [-0.4, -0.2) is 47.4 Å². The first-order chi connectivity index (χ1) is 9.85. The highest BCUT2D eigenvalue weighted by molar-refractivity contribution is 5.68. The number of phenolic OH excluding ortho intramolecular Hbond substituents is 1. The smallest absolute Gasteiger partial charge is 0.410 e. The highest BCUT2D eigenvalue weighted by atomic mass is 16.6. The molecular formula is C16H24N2O3. The maximum atomic E-state index is 12.3. The number of carbonyl (C=O) groups is 1. The molecule has 0 aliphatic carbocycles. The van der Waals surface area contributed by atoms with Crippen LogP contribution < -0.4 is 5.32 Å². The van der Waals surface area contributed by atoms with Gasteiger partial charge in [0.2, 0.25) is 0 Å². The lowest BCUT2D eigenvalue weighted by Gasteiger charge is -2.37. The monoisotopic (exact) mass is 292 g/mol. The Balaban J connectivity index is 2.06. The summed E-state index contributed by atoms with van der Waals surface area (Å²) in [6, 6.07) is 7.20. The minimum Gasteiger partial charge on any atom is -0.508 e. The normalized spacial score (nSPS) is 19.4. The lowest BCUT2D eigenvalue weighted by molar-refractivity contribution is 0.0122. The molecule has 0 saturated carbocycles. The van der Waals surface area contributed by atoms with Crippen molar-refractivity contribution in [3.63, 3.8) is 0 Å². The average Bonchev–Trinajstić information content (AvgIpc) is 2.37. The third kappa shape index (κ3) is 4.63. The van der Waals surface area contributed by atoms with Crippen LogP contribution in [0, 0.1) is 0 Å². The number of nitrogens with one attached hydrogen (secondary N) is 1. The van der Waals surface area contributed by atoms with E-state index < -0.39 is 5.60 Å². The number of nitrogens with zero attached hydrogens (tertiary/aromatic N) is 1. The lowest BCUT2D eigenvalue weighted by Crippen LogP contribution is -2.55. The van der Waals surface area contributed by atoms with Crippen LogP contribution in [0.1, 0.15) is 26.3 Å². The molecule has 21 heavy (non-hydrogen) atoms. The number of phenols is 1. The van der Waals surface area contributed by atoms with Gasteiger partial charge in [0.25, 0.3) is 0 Å². The van der Waals surface area contributed by atoms with E-state index in [1.165, 1.54) is 0 Å². The SMILES string of the molecule is CC(C)(C)OC(=O)N1CCNCC1Cc1cccc(O)c1. The van der Waals surface area contributed by atoms with Crippen LogP contribution in [0.25, 0.3) is 0 Å². The molecule has 1 aromatic carbocycles. The number of benzene rings is 1. The molecule has 1 aliphatic rings. The maximum absolute atomic E-state index is 12.3. The molecule has 2 N–H and O–H groups in total. The molecule has 5 nitrogen and oxygen atoms in total. The molecule has 2 rings (SSSR count). The predicted molar refractivity (Wildman–Crippen MR) is 81.4 cm³/mol. The number of hydrogen-bond donors (Lipinski definition) is 2. The van der Waals surface area contributed by atoms with Crippen LogP contribution >= 0.6 is 0 Å². The Kier molecular flexibility index (Phi) is 4.73. The number of ether oxygens (including phenoxy) is 1. The van der Waals surface area contributed by atoms with Gasteiger partial charge < -0.3 is 20.1 Å². The zero-order chi connectivity index (χ0) is 15.5. The van der Waals surface area contributed by atoms with Gasteiger partial charge in [-0.2, -0.15) is 0 Å². The Labute approximate surface area is 125 Å². The van der Waals surface area contributed by atoms with Gasteiger partial charge in [0.15, 0.2) is 0 Å². The molecule has 116 valence electrons. The van der Waals surface area contributed by atoms with E-state index in [-0.39, 0.29) is 17.9 Å². The Morgan fingerprint density at radius 3 is 2.90 bits per heavy atom. The summed E-state index contributed by atoms with van der Waals surface area (Å²) in [6.07, 6.45) is 0.426. The number of aromatic hydroxyl groups is 1. The Morgan fingerprint density at radius 1 is 1.48 bits per heavy atom. The molecule has 1 unspecified atom stereocenters. The van der Waals surface area contributed by atoms with Crippen molar-refractivity contribution in [2.45, 2.75) is 38.8 Å². The van der Waals surface area contributed by atoms with Crippen molar-refractivity contribution in [1.29, 1.82) is 0 Å². The quantitative estimate of drug-likeness (QED) is 0.876. The van der Waals surface area contributed by atoms with Gasteiger partial charge in [-0.05, 0) is 44.9 Å². The molecule has 5 heteroatoms. The average molecular weight is 292 g/mol. The lowest BCUT2D eigenvalue weighted by atomic mass is 10.0. The summed E-state index contributed by atoms with van der Waals surface area (Å²) >= 11 is 0. The van der Waals surface area contributed by atoms with E-state index in [1.807, 2.05) is 32.9 Å². The fourth-order valence-corrected chi connectivity index (χ4v) is 2.46. The van der Waals surface area contributed by atoms with E-state index in [2.05, 4.69) is 5.32 Å². The summed E-state index contributed by atoms with van der Waals surface area (Å²) < 4.78 is 5.48. The number of amides is 1. The second kappa shape index (κ2) is 6.35. The van der Waals surface area contributed by atoms with Crippen LogP contribution in [0.3, 0.4) is 0 Å². The van der Waals surface area contributed by atoms with Crippen LogP contribution in [0.2, 0.25) is 0 Å². The van der Waals surface area contributed by atoms with Crippen LogP contribution in [-0.2, 0) is 11.2 Å². The van der Waals surface area contributed by atoms with E-state index in [0.717, 1.165) is 18.7 Å². The first-order valence-electron chi connectivity index (χ1n) is 7.33.